The van der Waals surface area contributed by atoms with Crippen molar-refractivity contribution in [3.8, 4) is 0 Å². The summed E-state index contributed by atoms with van der Waals surface area (Å²) in [6.45, 7) is 6.20. The molecule has 2 fully saturated rings. The molecule has 0 saturated carbocycles. The van der Waals surface area contributed by atoms with Crippen molar-refractivity contribution in [1.29, 1.82) is 0 Å². The molecule has 4 heterocycles. The van der Waals surface area contributed by atoms with E-state index in [4.69, 9.17) is 4.74 Å². The number of hydrogen-bond acceptors (Lipinski definition) is 6. The maximum absolute atomic E-state index is 12.8. The molecule has 1 aromatic carbocycles. The number of fused-ring (bicyclic) bond motifs is 1. The van der Waals surface area contributed by atoms with E-state index in [0.717, 1.165) is 60.6 Å². The van der Waals surface area contributed by atoms with Crippen molar-refractivity contribution in [1.82, 2.24) is 19.5 Å². The third-order valence-corrected chi connectivity index (χ3v) is 6.32. The molecule has 1 atom stereocenters. The first-order valence-corrected chi connectivity index (χ1v) is 10.2. The lowest BCUT2D eigenvalue weighted by molar-refractivity contribution is -0.150. The molecule has 2 saturated heterocycles. The highest BCUT2D eigenvalue weighted by Crippen LogP contribution is 2.44. The molecule has 1 spiro atoms. The lowest BCUT2D eigenvalue weighted by Gasteiger charge is -2.37. The molecule has 31 heavy (non-hydrogen) atoms. The number of halogens is 2. The van der Waals surface area contributed by atoms with Crippen LogP contribution < -0.4 is 4.90 Å². The van der Waals surface area contributed by atoms with E-state index in [-0.39, 0.29) is 42.3 Å². The molecule has 5 rings (SSSR count). The predicted molar refractivity (Wildman–Crippen MR) is 124 cm³/mol. The van der Waals surface area contributed by atoms with E-state index in [1.54, 1.807) is 6.20 Å². The Bertz CT molecular complexity index is 1080. The largest absolute Gasteiger partial charge is 0.460 e. The van der Waals surface area contributed by atoms with Gasteiger partial charge < -0.3 is 14.2 Å². The number of piperidine rings is 1. The summed E-state index contributed by atoms with van der Waals surface area (Å²) in [7, 11) is 0. The quantitative estimate of drug-likeness (QED) is 0.548. The fourth-order valence-corrected chi connectivity index (χ4v) is 4.69. The number of rotatable bonds is 3. The van der Waals surface area contributed by atoms with Gasteiger partial charge in [0, 0.05) is 25.7 Å². The Morgan fingerprint density at radius 3 is 2.65 bits per heavy atom. The molecule has 9 heteroatoms. The summed E-state index contributed by atoms with van der Waals surface area (Å²) < 4.78 is 7.92. The second-order valence-corrected chi connectivity index (χ2v) is 8.30. The van der Waals surface area contributed by atoms with Gasteiger partial charge in [-0.15, -0.1) is 24.8 Å². The number of aromatic nitrogens is 4. The molecule has 0 bridgehead atoms. The van der Waals surface area contributed by atoms with E-state index in [0.29, 0.717) is 6.54 Å². The van der Waals surface area contributed by atoms with E-state index >= 15 is 0 Å². The van der Waals surface area contributed by atoms with Crippen LogP contribution >= 0.6 is 24.8 Å². The van der Waals surface area contributed by atoms with Gasteiger partial charge in [0.1, 0.15) is 11.9 Å². The van der Waals surface area contributed by atoms with Crippen molar-refractivity contribution < 1.29 is 9.53 Å². The number of anilines is 1. The minimum absolute atomic E-state index is 0. The van der Waals surface area contributed by atoms with E-state index in [2.05, 4.69) is 30.5 Å². The van der Waals surface area contributed by atoms with Gasteiger partial charge in [-0.3, -0.25) is 9.78 Å². The average molecular weight is 464 g/mol. The van der Waals surface area contributed by atoms with Crippen LogP contribution in [0, 0.1) is 19.3 Å². The van der Waals surface area contributed by atoms with Gasteiger partial charge in [-0.25, -0.2) is 9.97 Å². The van der Waals surface area contributed by atoms with Crippen LogP contribution in [0.1, 0.15) is 30.7 Å². The van der Waals surface area contributed by atoms with Crippen molar-refractivity contribution in [2.24, 2.45) is 5.41 Å². The van der Waals surface area contributed by atoms with Gasteiger partial charge >= 0.3 is 5.97 Å². The first-order valence-electron chi connectivity index (χ1n) is 10.2. The van der Waals surface area contributed by atoms with Crippen molar-refractivity contribution in [3.63, 3.8) is 0 Å². The second-order valence-electron chi connectivity index (χ2n) is 8.30. The van der Waals surface area contributed by atoms with Crippen molar-refractivity contribution in [3.05, 3.63) is 48.2 Å². The van der Waals surface area contributed by atoms with Crippen LogP contribution in [-0.4, -0.2) is 44.7 Å². The number of esters is 1. The van der Waals surface area contributed by atoms with Gasteiger partial charge in [-0.05, 0) is 38.8 Å². The molecule has 2 aromatic heterocycles. The summed E-state index contributed by atoms with van der Waals surface area (Å²) in [4.78, 5) is 28.6. The molecule has 2 aliphatic heterocycles. The van der Waals surface area contributed by atoms with Gasteiger partial charge in [0.15, 0.2) is 0 Å². The Hall–Kier alpha value is -2.38. The molecule has 1 unspecified atom stereocenters. The number of nitrogens with zero attached hydrogens (tertiary/aromatic N) is 5. The smallest absolute Gasteiger partial charge is 0.312 e. The Balaban J connectivity index is 0.00000136. The zero-order valence-corrected chi connectivity index (χ0v) is 19.3. The highest BCUT2D eigenvalue weighted by molar-refractivity contribution is 5.85. The third-order valence-electron chi connectivity index (χ3n) is 6.32. The van der Waals surface area contributed by atoms with Gasteiger partial charge in [0.25, 0.3) is 0 Å². The highest BCUT2D eigenvalue weighted by atomic mass is 35.5. The Labute approximate surface area is 194 Å². The molecule has 7 nitrogen and oxygen atoms in total. The molecule has 0 N–H and O–H groups in total. The topological polar surface area (TPSA) is 73.1 Å². The number of carbonyl (C=O) groups is 1. The zero-order chi connectivity index (χ0) is 20.0. The summed E-state index contributed by atoms with van der Waals surface area (Å²) in [5, 5.41) is 0. The fourth-order valence-electron chi connectivity index (χ4n) is 4.69. The number of aryl methyl sites for hydroxylation is 2. The van der Waals surface area contributed by atoms with Crippen LogP contribution in [-0.2, 0) is 16.1 Å². The lowest BCUT2D eigenvalue weighted by atomic mass is 9.76. The molecule has 0 aliphatic carbocycles. The molecular weight excluding hydrogens is 437 g/mol. The molecular formula is C22H27Cl2N5O2. The molecule has 166 valence electrons. The number of imidazole rings is 1. The average Bonchev–Trinajstić information content (AvgIpc) is 3.26. The van der Waals surface area contributed by atoms with E-state index in [9.17, 15) is 4.79 Å². The van der Waals surface area contributed by atoms with E-state index < -0.39 is 0 Å². The predicted octanol–water partition coefficient (Wildman–Crippen LogP) is 3.89. The monoisotopic (exact) mass is 463 g/mol. The van der Waals surface area contributed by atoms with E-state index in [1.165, 1.54) is 0 Å². The summed E-state index contributed by atoms with van der Waals surface area (Å²) in [5.74, 6) is 0.895. The number of ether oxygens (including phenoxy) is 1. The summed E-state index contributed by atoms with van der Waals surface area (Å²) in [5.41, 5.74) is 3.52. The maximum atomic E-state index is 12.8. The number of cyclic esters (lactones) is 1. The van der Waals surface area contributed by atoms with Gasteiger partial charge in [0.2, 0.25) is 0 Å². The standard InChI is InChI=1S/C22H25N5O2.2ClH/c1-15-12-23-16(2)20(25-15)26-9-7-22(8-10-26)11-17(29-21(22)28)13-27-14-24-18-5-3-4-6-19(18)27;;/h3-6,12,14,17H,7-11,13H2,1-2H3;2*1H. The van der Waals surface area contributed by atoms with Gasteiger partial charge in [0.05, 0.1) is 40.7 Å². The minimum Gasteiger partial charge on any atom is -0.460 e. The Morgan fingerprint density at radius 2 is 1.87 bits per heavy atom. The number of carbonyl (C=O) groups excluding carboxylic acids is 1. The summed E-state index contributed by atoms with van der Waals surface area (Å²) in [6, 6.07) is 8.05. The zero-order valence-electron chi connectivity index (χ0n) is 17.7. The first kappa shape index (κ1) is 23.3. The molecule has 0 radical (unpaired) electrons. The number of hydrogen-bond donors (Lipinski definition) is 0. The van der Waals surface area contributed by atoms with Crippen LogP contribution in [0.4, 0.5) is 5.82 Å². The summed E-state index contributed by atoms with van der Waals surface area (Å²) >= 11 is 0. The normalized spacial score (nSPS) is 19.7. The summed E-state index contributed by atoms with van der Waals surface area (Å²) in [6.07, 6.45) is 5.88. The molecule has 3 aromatic rings. The first-order chi connectivity index (χ1) is 14.0. The number of para-hydroxylation sites is 2. The van der Waals surface area contributed by atoms with Crippen molar-refractivity contribution >= 4 is 47.6 Å². The van der Waals surface area contributed by atoms with Crippen LogP contribution in [0.5, 0.6) is 0 Å². The second kappa shape index (κ2) is 9.01. The van der Waals surface area contributed by atoms with Crippen LogP contribution in [0.3, 0.4) is 0 Å². The number of benzene rings is 1. The van der Waals surface area contributed by atoms with Crippen LogP contribution in [0.25, 0.3) is 11.0 Å². The third kappa shape index (κ3) is 4.21. The lowest BCUT2D eigenvalue weighted by Crippen LogP contribution is -2.43. The van der Waals surface area contributed by atoms with E-state index in [1.807, 2.05) is 38.4 Å². The van der Waals surface area contributed by atoms with Gasteiger partial charge in [-0.1, -0.05) is 12.1 Å². The molecule has 0 amide bonds. The minimum atomic E-state index is -0.372. The Kier molecular flexibility index (Phi) is 6.76. The SMILES string of the molecule is Cc1cnc(C)c(N2CCC3(CC2)CC(Cn2cnc4ccccc42)OC3=O)n1.Cl.Cl. The fraction of sp³-hybridized carbons (Fsp3) is 0.455. The highest BCUT2D eigenvalue weighted by Gasteiger charge is 2.50. The molecule has 2 aliphatic rings. The van der Waals surface area contributed by atoms with Crippen LogP contribution in [0.2, 0.25) is 0 Å². The Morgan fingerprint density at radius 1 is 1.13 bits per heavy atom. The maximum Gasteiger partial charge on any atom is 0.312 e. The van der Waals surface area contributed by atoms with Crippen molar-refractivity contribution in [2.45, 2.75) is 45.8 Å². The van der Waals surface area contributed by atoms with Crippen molar-refractivity contribution in [2.75, 3.05) is 18.0 Å². The van der Waals surface area contributed by atoms with Crippen LogP contribution in [0.15, 0.2) is 36.8 Å². The van der Waals surface area contributed by atoms with Gasteiger partial charge in [-0.2, -0.15) is 0 Å².